The zero-order valence-electron chi connectivity index (χ0n) is 10.3. The normalized spacial score (nSPS) is 10.5. The highest BCUT2D eigenvalue weighted by Gasteiger charge is 2.15. The second-order valence-corrected chi connectivity index (χ2v) is 4.27. The van der Waals surface area contributed by atoms with Gasteiger partial charge in [0.25, 0.3) is 5.56 Å². The van der Waals surface area contributed by atoms with Crippen LogP contribution >= 0.6 is 0 Å². The number of hydrogen-bond donors (Lipinski definition) is 3. The van der Waals surface area contributed by atoms with Crippen molar-refractivity contribution in [3.63, 3.8) is 0 Å². The largest absolute Gasteiger partial charge is 0.488 e. The molecule has 6 nitrogen and oxygen atoms in total. The summed E-state index contributed by atoms with van der Waals surface area (Å²) < 4.78 is 1.32. The topological polar surface area (TPSA) is 95.3 Å². The van der Waals surface area contributed by atoms with Gasteiger partial charge in [-0.05, 0) is 17.9 Å². The van der Waals surface area contributed by atoms with Gasteiger partial charge < -0.3 is 10.0 Å². The third kappa shape index (κ3) is 2.83. The zero-order valence-corrected chi connectivity index (χ0v) is 10.3. The molecule has 3 N–H and O–H groups in total. The Kier molecular flexibility index (Phi) is 3.68. The van der Waals surface area contributed by atoms with E-state index in [0.29, 0.717) is 16.6 Å². The molecule has 1 aromatic carbocycles. The third-order valence-electron chi connectivity index (χ3n) is 2.86. The monoisotopic (exact) mass is 260 g/mol. The summed E-state index contributed by atoms with van der Waals surface area (Å²) >= 11 is 0. The number of aromatic amines is 1. The molecule has 0 amide bonds. The van der Waals surface area contributed by atoms with Crippen LogP contribution in [0.2, 0.25) is 0 Å². The molecule has 0 fully saturated rings. The van der Waals surface area contributed by atoms with E-state index in [-0.39, 0.29) is 6.54 Å². The van der Waals surface area contributed by atoms with Gasteiger partial charge in [0.2, 0.25) is 0 Å². The van der Waals surface area contributed by atoms with E-state index >= 15 is 0 Å². The molecule has 1 heterocycles. The van der Waals surface area contributed by atoms with Crippen LogP contribution in [0.15, 0.2) is 40.1 Å². The number of rotatable bonds is 3. The minimum Gasteiger partial charge on any atom is -0.423 e. The van der Waals surface area contributed by atoms with Gasteiger partial charge in [-0.25, -0.2) is 4.79 Å². The van der Waals surface area contributed by atoms with E-state index < -0.39 is 18.4 Å². The molecule has 0 aliphatic carbocycles. The Balaban J connectivity index is 2.45. The van der Waals surface area contributed by atoms with Gasteiger partial charge in [-0.2, -0.15) is 0 Å². The molecule has 0 spiro atoms. The second kappa shape index (κ2) is 5.25. The Morgan fingerprint density at radius 2 is 1.95 bits per heavy atom. The summed E-state index contributed by atoms with van der Waals surface area (Å²) in [4.78, 5) is 25.1. The van der Waals surface area contributed by atoms with E-state index in [4.69, 9.17) is 0 Å². The molecule has 2 rings (SSSR count). The van der Waals surface area contributed by atoms with Gasteiger partial charge >= 0.3 is 12.8 Å². The molecule has 0 atom stereocenters. The molecule has 0 aliphatic rings. The summed E-state index contributed by atoms with van der Waals surface area (Å²) in [7, 11) is -1.60. The maximum Gasteiger partial charge on any atom is 0.488 e. The molecule has 0 aliphatic heterocycles. The number of nitrogens with one attached hydrogen (secondary N) is 1. The predicted octanol–water partition coefficient (Wildman–Crippen LogP) is -1.43. The van der Waals surface area contributed by atoms with Gasteiger partial charge in [-0.3, -0.25) is 14.3 Å². The molecule has 0 bridgehead atoms. The SMILES string of the molecule is Cc1cn(Cc2ccccc2B(O)O)c(=O)[nH]c1=O. The first-order valence-corrected chi connectivity index (χ1v) is 5.73. The summed E-state index contributed by atoms with van der Waals surface area (Å²) in [6.07, 6.45) is 1.45. The van der Waals surface area contributed by atoms with Crippen molar-refractivity contribution in [2.75, 3.05) is 0 Å². The van der Waals surface area contributed by atoms with Crippen molar-refractivity contribution in [2.45, 2.75) is 13.5 Å². The lowest BCUT2D eigenvalue weighted by Gasteiger charge is -2.10. The molecular formula is C12H13BN2O4. The van der Waals surface area contributed by atoms with Crippen LogP contribution in [0.3, 0.4) is 0 Å². The van der Waals surface area contributed by atoms with E-state index in [0.717, 1.165) is 0 Å². The van der Waals surface area contributed by atoms with Crippen molar-refractivity contribution in [1.82, 2.24) is 9.55 Å². The Morgan fingerprint density at radius 3 is 2.63 bits per heavy atom. The van der Waals surface area contributed by atoms with Crippen LogP contribution in [0.4, 0.5) is 0 Å². The van der Waals surface area contributed by atoms with Crippen molar-refractivity contribution < 1.29 is 10.0 Å². The maximum atomic E-state index is 11.7. The highest BCUT2D eigenvalue weighted by atomic mass is 16.4. The third-order valence-corrected chi connectivity index (χ3v) is 2.86. The molecule has 7 heteroatoms. The van der Waals surface area contributed by atoms with Crippen LogP contribution < -0.4 is 16.7 Å². The molecule has 0 saturated carbocycles. The fraction of sp³-hybridized carbons (Fsp3) is 0.167. The van der Waals surface area contributed by atoms with E-state index in [1.165, 1.54) is 10.8 Å². The van der Waals surface area contributed by atoms with Crippen molar-refractivity contribution in [2.24, 2.45) is 0 Å². The van der Waals surface area contributed by atoms with Crippen LogP contribution in [-0.4, -0.2) is 26.7 Å². The first-order valence-electron chi connectivity index (χ1n) is 5.73. The summed E-state index contributed by atoms with van der Waals surface area (Å²) in [5.74, 6) is 0. The standard InChI is InChI=1S/C12H13BN2O4/c1-8-6-15(12(17)14-11(8)16)7-9-4-2-3-5-10(9)13(18)19/h2-6,18-19H,7H2,1H3,(H,14,16,17). The molecule has 1 aromatic heterocycles. The first-order chi connectivity index (χ1) is 8.99. The van der Waals surface area contributed by atoms with Crippen molar-refractivity contribution >= 4 is 12.6 Å². The van der Waals surface area contributed by atoms with E-state index in [1.807, 2.05) is 0 Å². The van der Waals surface area contributed by atoms with Crippen LogP contribution in [0.5, 0.6) is 0 Å². The van der Waals surface area contributed by atoms with Crippen LogP contribution in [0, 0.1) is 6.92 Å². The van der Waals surface area contributed by atoms with Crippen molar-refractivity contribution in [1.29, 1.82) is 0 Å². The van der Waals surface area contributed by atoms with Crippen LogP contribution in [0.25, 0.3) is 0 Å². The van der Waals surface area contributed by atoms with Gasteiger partial charge in [0.15, 0.2) is 0 Å². The van der Waals surface area contributed by atoms with Gasteiger partial charge in [-0.1, -0.05) is 24.3 Å². The molecular weight excluding hydrogens is 247 g/mol. The van der Waals surface area contributed by atoms with Gasteiger partial charge in [0, 0.05) is 11.8 Å². The molecule has 98 valence electrons. The highest BCUT2D eigenvalue weighted by molar-refractivity contribution is 6.59. The number of aryl methyl sites for hydroxylation is 1. The number of aromatic nitrogens is 2. The average Bonchev–Trinajstić information content (AvgIpc) is 2.36. The van der Waals surface area contributed by atoms with Crippen molar-refractivity contribution in [3.8, 4) is 0 Å². The Labute approximate surface area is 109 Å². The number of nitrogens with zero attached hydrogens (tertiary/aromatic N) is 1. The van der Waals surface area contributed by atoms with Crippen LogP contribution in [-0.2, 0) is 6.54 Å². The summed E-state index contributed by atoms with van der Waals surface area (Å²) in [5, 5.41) is 18.5. The molecule has 19 heavy (non-hydrogen) atoms. The highest BCUT2D eigenvalue weighted by Crippen LogP contribution is 1.99. The van der Waals surface area contributed by atoms with Gasteiger partial charge in [-0.15, -0.1) is 0 Å². The lowest BCUT2D eigenvalue weighted by Crippen LogP contribution is -2.36. The van der Waals surface area contributed by atoms with E-state index in [1.54, 1.807) is 31.2 Å². The second-order valence-electron chi connectivity index (χ2n) is 4.27. The minimum atomic E-state index is -1.60. The number of H-pyrrole nitrogens is 1. The Bertz CT molecular complexity index is 705. The zero-order chi connectivity index (χ0) is 14.0. The Morgan fingerprint density at radius 1 is 1.26 bits per heavy atom. The summed E-state index contributed by atoms with van der Waals surface area (Å²) in [5.41, 5.74) is 0.403. The molecule has 0 unspecified atom stereocenters. The predicted molar refractivity (Wildman–Crippen MR) is 71.4 cm³/mol. The maximum absolute atomic E-state index is 11.7. The molecule has 2 aromatic rings. The van der Waals surface area contributed by atoms with Gasteiger partial charge in [0.1, 0.15) is 0 Å². The number of hydrogen-bond acceptors (Lipinski definition) is 4. The van der Waals surface area contributed by atoms with Gasteiger partial charge in [0.05, 0.1) is 6.54 Å². The average molecular weight is 260 g/mol. The fourth-order valence-electron chi connectivity index (χ4n) is 1.85. The smallest absolute Gasteiger partial charge is 0.423 e. The summed E-state index contributed by atoms with van der Waals surface area (Å²) in [6, 6.07) is 6.69. The van der Waals surface area contributed by atoms with E-state index in [2.05, 4.69) is 4.98 Å². The quantitative estimate of drug-likeness (QED) is 0.590. The minimum absolute atomic E-state index is 0.157. The van der Waals surface area contributed by atoms with E-state index in [9.17, 15) is 19.6 Å². The lowest BCUT2D eigenvalue weighted by molar-refractivity contribution is 0.425. The van der Waals surface area contributed by atoms with Crippen molar-refractivity contribution in [3.05, 3.63) is 62.4 Å². The number of benzene rings is 1. The fourth-order valence-corrected chi connectivity index (χ4v) is 1.85. The Hall–Kier alpha value is -2.12. The molecule has 0 radical (unpaired) electrons. The lowest BCUT2D eigenvalue weighted by atomic mass is 9.77. The first kappa shape index (κ1) is 13.3. The molecule has 0 saturated heterocycles. The summed E-state index contributed by atoms with van der Waals surface area (Å²) in [6.45, 7) is 1.76. The van der Waals surface area contributed by atoms with Crippen LogP contribution in [0.1, 0.15) is 11.1 Å².